The third kappa shape index (κ3) is 4.76. The topological polar surface area (TPSA) is 52.1 Å². The van der Waals surface area contributed by atoms with E-state index in [1.807, 2.05) is 36.4 Å². The molecule has 0 radical (unpaired) electrons. The summed E-state index contributed by atoms with van der Waals surface area (Å²) in [4.78, 5) is 10.3. The molecule has 10 rings (SSSR count). The van der Waals surface area contributed by atoms with Crippen LogP contribution >= 0.6 is 0 Å². The fraction of sp³-hybridized carbons (Fsp3) is 0.0435. The van der Waals surface area contributed by atoms with Crippen LogP contribution in [-0.4, -0.2) is 9.97 Å². The van der Waals surface area contributed by atoms with Crippen molar-refractivity contribution in [1.82, 2.24) is 9.97 Å². The molecule has 3 heterocycles. The molecule has 1 unspecified atom stereocenters. The molecule has 3 aromatic heterocycles. The summed E-state index contributed by atoms with van der Waals surface area (Å²) < 4.78 is 13.7. The number of aromatic nitrogens is 2. The van der Waals surface area contributed by atoms with E-state index in [0.29, 0.717) is 12.2 Å². The first-order chi connectivity index (χ1) is 24.8. The minimum absolute atomic E-state index is 0.188. The van der Waals surface area contributed by atoms with Gasteiger partial charge in [-0.25, -0.2) is 9.97 Å². The first-order valence-electron chi connectivity index (χ1n) is 17.0. The van der Waals surface area contributed by atoms with E-state index in [0.717, 1.165) is 83.8 Å². The van der Waals surface area contributed by atoms with E-state index in [2.05, 4.69) is 127 Å². The van der Waals surface area contributed by atoms with Gasteiger partial charge in [0, 0.05) is 39.4 Å². The summed E-state index contributed by atoms with van der Waals surface area (Å²) in [7, 11) is 0. The van der Waals surface area contributed by atoms with E-state index in [1.165, 1.54) is 5.56 Å². The summed E-state index contributed by atoms with van der Waals surface area (Å²) in [6.07, 6.45) is 0.614. The Labute approximate surface area is 289 Å². The second-order valence-corrected chi connectivity index (χ2v) is 12.9. The number of rotatable bonds is 5. The van der Waals surface area contributed by atoms with Gasteiger partial charge in [0.2, 0.25) is 0 Å². The van der Waals surface area contributed by atoms with Gasteiger partial charge in [0.25, 0.3) is 0 Å². The van der Waals surface area contributed by atoms with Gasteiger partial charge in [0.15, 0.2) is 5.82 Å². The highest BCUT2D eigenvalue weighted by molar-refractivity contribution is 6.08. The van der Waals surface area contributed by atoms with Crippen molar-refractivity contribution in [2.45, 2.75) is 12.3 Å². The Kier molecular flexibility index (Phi) is 6.59. The highest BCUT2D eigenvalue weighted by Gasteiger charge is 2.37. The van der Waals surface area contributed by atoms with Crippen molar-refractivity contribution in [1.29, 1.82) is 0 Å². The van der Waals surface area contributed by atoms with E-state index in [1.54, 1.807) is 0 Å². The van der Waals surface area contributed by atoms with Crippen molar-refractivity contribution in [2.75, 3.05) is 0 Å². The van der Waals surface area contributed by atoms with Crippen molar-refractivity contribution in [3.05, 3.63) is 181 Å². The monoisotopic (exact) mass is 642 g/mol. The van der Waals surface area contributed by atoms with Crippen LogP contribution in [0.25, 0.3) is 78.0 Å². The van der Waals surface area contributed by atoms with Crippen molar-refractivity contribution in [3.8, 4) is 56.0 Å². The fourth-order valence-corrected chi connectivity index (χ4v) is 7.44. The minimum Gasteiger partial charge on any atom is -0.460 e. The van der Waals surface area contributed by atoms with Crippen LogP contribution in [0.1, 0.15) is 23.1 Å². The standard InChI is InChI=1S/C46H30N2O2/c1-5-13-29(14-6-1)33-21-23-40-36(25-33)43-42(49-40)27-35(45-44(43)37-26-34(22-24-41(37)50-45)30-15-7-2-8-16-30)39-28-38(31-17-9-3-10-18-31)47-46(48-39)32-19-11-4-12-20-32/h1-26,28,35H,27H2. The molecular weight excluding hydrogens is 613 g/mol. The average Bonchev–Trinajstić information content (AvgIpc) is 3.76. The number of benzene rings is 6. The lowest BCUT2D eigenvalue weighted by Crippen LogP contribution is -2.13. The predicted octanol–water partition coefficient (Wildman–Crippen LogP) is 12.0. The minimum atomic E-state index is -0.188. The molecule has 0 saturated carbocycles. The summed E-state index contributed by atoms with van der Waals surface area (Å²) in [5.41, 5.74) is 12.3. The number of hydrogen-bond acceptors (Lipinski definition) is 4. The Morgan fingerprint density at radius 2 is 0.960 bits per heavy atom. The molecule has 9 aromatic rings. The van der Waals surface area contributed by atoms with Crippen LogP contribution in [-0.2, 0) is 6.42 Å². The third-order valence-electron chi connectivity index (χ3n) is 9.85. The molecule has 1 atom stereocenters. The van der Waals surface area contributed by atoms with Gasteiger partial charge in [-0.2, -0.15) is 0 Å². The van der Waals surface area contributed by atoms with Crippen LogP contribution in [0.5, 0.6) is 0 Å². The largest absolute Gasteiger partial charge is 0.460 e. The Balaban J connectivity index is 1.23. The number of nitrogens with zero attached hydrogens (tertiary/aromatic N) is 2. The lowest BCUT2D eigenvalue weighted by atomic mass is 9.82. The van der Waals surface area contributed by atoms with Gasteiger partial charge < -0.3 is 8.83 Å². The maximum Gasteiger partial charge on any atom is 0.160 e. The smallest absolute Gasteiger partial charge is 0.160 e. The van der Waals surface area contributed by atoms with Crippen molar-refractivity contribution in [3.63, 3.8) is 0 Å². The van der Waals surface area contributed by atoms with E-state index < -0.39 is 0 Å². The molecular formula is C46H30N2O2. The second kappa shape index (κ2) is 11.6. The highest BCUT2D eigenvalue weighted by Crippen LogP contribution is 2.52. The summed E-state index contributed by atoms with van der Waals surface area (Å²) in [6.45, 7) is 0. The summed E-state index contributed by atoms with van der Waals surface area (Å²) in [6, 6.07) is 56.7. The lowest BCUT2D eigenvalue weighted by molar-refractivity contribution is 0.471. The summed E-state index contributed by atoms with van der Waals surface area (Å²) in [5.74, 6) is 2.35. The maximum atomic E-state index is 6.93. The normalized spacial score (nSPS) is 13.7. The highest BCUT2D eigenvalue weighted by atomic mass is 16.3. The fourth-order valence-electron chi connectivity index (χ4n) is 7.44. The van der Waals surface area contributed by atoms with Gasteiger partial charge >= 0.3 is 0 Å². The number of fused-ring (bicyclic) bond motifs is 7. The van der Waals surface area contributed by atoms with Crippen LogP contribution in [0.2, 0.25) is 0 Å². The van der Waals surface area contributed by atoms with Crippen LogP contribution in [0.3, 0.4) is 0 Å². The first kappa shape index (κ1) is 28.5. The van der Waals surface area contributed by atoms with Gasteiger partial charge in [0.05, 0.1) is 17.3 Å². The molecule has 0 amide bonds. The first-order valence-corrected chi connectivity index (χ1v) is 17.0. The van der Waals surface area contributed by atoms with Gasteiger partial charge in [-0.1, -0.05) is 133 Å². The van der Waals surface area contributed by atoms with E-state index >= 15 is 0 Å². The number of hydrogen-bond donors (Lipinski definition) is 0. The maximum absolute atomic E-state index is 6.93. The van der Waals surface area contributed by atoms with Gasteiger partial charge in [-0.05, 0) is 52.6 Å². The van der Waals surface area contributed by atoms with Crippen LogP contribution < -0.4 is 0 Å². The Hall–Kier alpha value is -6.52. The molecule has 0 fully saturated rings. The third-order valence-corrected chi connectivity index (χ3v) is 9.85. The van der Waals surface area contributed by atoms with Crippen molar-refractivity contribution < 1.29 is 8.83 Å². The molecule has 4 heteroatoms. The molecule has 0 spiro atoms. The van der Waals surface area contributed by atoms with E-state index in [-0.39, 0.29) is 5.92 Å². The van der Waals surface area contributed by atoms with Crippen LogP contribution in [0, 0.1) is 0 Å². The lowest BCUT2D eigenvalue weighted by Gasteiger charge is -2.22. The average molecular weight is 643 g/mol. The van der Waals surface area contributed by atoms with Gasteiger partial charge in [-0.3, -0.25) is 0 Å². The van der Waals surface area contributed by atoms with E-state index in [9.17, 15) is 0 Å². The van der Waals surface area contributed by atoms with Crippen LogP contribution in [0.15, 0.2) is 173 Å². The molecule has 1 aliphatic rings. The molecule has 0 saturated heterocycles. The molecule has 0 N–H and O–H groups in total. The van der Waals surface area contributed by atoms with Crippen molar-refractivity contribution >= 4 is 21.9 Å². The zero-order valence-corrected chi connectivity index (χ0v) is 27.1. The van der Waals surface area contributed by atoms with E-state index in [4.69, 9.17) is 18.8 Å². The van der Waals surface area contributed by atoms with Crippen molar-refractivity contribution in [2.24, 2.45) is 0 Å². The molecule has 6 aromatic carbocycles. The van der Waals surface area contributed by atoms with Gasteiger partial charge in [-0.15, -0.1) is 0 Å². The molecule has 236 valence electrons. The summed E-state index contributed by atoms with van der Waals surface area (Å²) >= 11 is 0. The Morgan fingerprint density at radius 1 is 0.440 bits per heavy atom. The zero-order chi connectivity index (χ0) is 33.0. The molecule has 50 heavy (non-hydrogen) atoms. The number of furan rings is 2. The summed E-state index contributed by atoms with van der Waals surface area (Å²) in [5, 5.41) is 2.16. The zero-order valence-electron chi connectivity index (χ0n) is 27.1. The van der Waals surface area contributed by atoms with Gasteiger partial charge in [0.1, 0.15) is 22.7 Å². The SMILES string of the molecule is c1ccc(-c2ccc3oc4c(c3c2)-c2c(oc3ccc(-c5ccccc5)cc23)C(c2cc(-c3ccccc3)nc(-c3ccccc3)n2)C4)cc1. The van der Waals surface area contributed by atoms with Crippen LogP contribution in [0.4, 0.5) is 0 Å². The quantitative estimate of drug-likeness (QED) is 0.187. The second-order valence-electron chi connectivity index (χ2n) is 12.9. The molecule has 4 nitrogen and oxygen atoms in total. The Morgan fingerprint density at radius 3 is 1.56 bits per heavy atom. The molecule has 0 bridgehead atoms. The molecule has 0 aliphatic heterocycles. The predicted molar refractivity (Wildman–Crippen MR) is 201 cm³/mol. The molecule has 1 aliphatic carbocycles. The Bertz CT molecular complexity index is 2600.